The van der Waals surface area contributed by atoms with E-state index in [0.29, 0.717) is 19.7 Å². The highest BCUT2D eigenvalue weighted by atomic mass is 28.4. The van der Waals surface area contributed by atoms with Gasteiger partial charge in [0.2, 0.25) is 0 Å². The van der Waals surface area contributed by atoms with E-state index in [0.717, 1.165) is 0 Å². The summed E-state index contributed by atoms with van der Waals surface area (Å²) in [5, 5.41) is 2.20. The van der Waals surface area contributed by atoms with Crippen LogP contribution in [0.1, 0.15) is 42.7 Å². The van der Waals surface area contributed by atoms with E-state index in [1.54, 1.807) is 0 Å². The Hall–Kier alpha value is -1.49. The predicted molar refractivity (Wildman–Crippen MR) is 117 cm³/mol. The van der Waals surface area contributed by atoms with E-state index in [2.05, 4.69) is 69.3 Å². The molecule has 2 nitrogen and oxygen atoms in total. The van der Waals surface area contributed by atoms with Crippen LogP contribution in [-0.4, -0.2) is 44.6 Å². The Morgan fingerprint density at radius 3 is 2.21 bits per heavy atom. The highest BCUT2D eigenvalue weighted by Gasteiger charge is 2.54. The van der Waals surface area contributed by atoms with Gasteiger partial charge in [-0.25, -0.2) is 4.39 Å². The largest absolute Gasteiger partial charge is 0.406 e. The molecule has 0 radical (unpaired) electrons. The van der Waals surface area contributed by atoms with Gasteiger partial charge in [-0.1, -0.05) is 81.4 Å². The maximum Gasteiger partial charge on any atom is 0.261 e. The molecule has 2 aliphatic heterocycles. The van der Waals surface area contributed by atoms with Gasteiger partial charge < -0.3 is 4.43 Å². The zero-order chi connectivity index (χ0) is 21.6. The maximum absolute atomic E-state index is 14.5. The zero-order valence-electron chi connectivity index (χ0n) is 19.1. The fraction of sp³-hybridized carbons (Fsp3) is 0.500. The molecule has 0 unspecified atom stereocenters. The Morgan fingerprint density at radius 2 is 1.68 bits per heavy atom. The Balaban J connectivity index is 1.80. The number of fused-ring (bicyclic) bond motifs is 1. The summed E-state index contributed by atoms with van der Waals surface area (Å²) in [6.07, 6.45) is -1.83. The minimum absolute atomic E-state index is 0.165. The minimum Gasteiger partial charge on any atom is -0.406 e. The van der Waals surface area contributed by atoms with Crippen molar-refractivity contribution in [1.29, 1.82) is 0 Å². The van der Waals surface area contributed by atoms with Crippen LogP contribution in [0.25, 0.3) is 0 Å². The van der Waals surface area contributed by atoms with E-state index in [-0.39, 0.29) is 11.5 Å². The third kappa shape index (κ3) is 3.25. The van der Waals surface area contributed by atoms with Crippen LogP contribution in [0.5, 0.6) is 0 Å². The maximum atomic E-state index is 14.5. The minimum atomic E-state index is -2.75. The normalized spacial score (nSPS) is 32.1. The van der Waals surface area contributed by atoms with E-state index >= 15 is 0 Å². The van der Waals surface area contributed by atoms with E-state index in [4.69, 9.17) is 7.17 Å². The first-order chi connectivity index (χ1) is 14.2. The summed E-state index contributed by atoms with van der Waals surface area (Å²) in [6, 6.07) is 20.8. The number of alkyl halides is 1. The smallest absolute Gasteiger partial charge is 0.261 e. The quantitative estimate of drug-likeness (QED) is 0.701. The summed E-state index contributed by atoms with van der Waals surface area (Å²) >= 11 is 0. The first-order valence-corrected chi connectivity index (χ1v) is 12.1. The van der Waals surface area contributed by atoms with Crippen molar-refractivity contribution in [1.82, 2.24) is 4.90 Å². The van der Waals surface area contributed by atoms with Gasteiger partial charge in [-0.15, -0.1) is 0 Å². The van der Waals surface area contributed by atoms with Gasteiger partial charge in [-0.05, 0) is 34.8 Å². The van der Waals surface area contributed by atoms with Gasteiger partial charge in [0.1, 0.15) is 6.17 Å². The molecule has 4 rings (SSSR count). The second-order valence-electron chi connectivity index (χ2n) is 9.16. The lowest BCUT2D eigenvalue weighted by molar-refractivity contribution is 0.107. The van der Waals surface area contributed by atoms with Crippen molar-refractivity contribution in [3.8, 4) is 0 Å². The van der Waals surface area contributed by atoms with E-state index < -0.39 is 32.8 Å². The molecule has 0 spiro atoms. The van der Waals surface area contributed by atoms with Crippen molar-refractivity contribution in [2.75, 3.05) is 19.7 Å². The van der Waals surface area contributed by atoms with Gasteiger partial charge in [0.25, 0.3) is 8.32 Å². The first kappa shape index (κ1) is 17.4. The molecule has 150 valence electrons. The van der Waals surface area contributed by atoms with Crippen LogP contribution in [0, 0.1) is 0 Å². The number of benzene rings is 2. The van der Waals surface area contributed by atoms with Gasteiger partial charge in [0.15, 0.2) is 0 Å². The predicted octanol–water partition coefficient (Wildman–Crippen LogP) is 4.14. The van der Waals surface area contributed by atoms with Crippen LogP contribution in [-0.2, 0) is 4.43 Å². The third-order valence-electron chi connectivity index (χ3n) is 6.33. The highest BCUT2D eigenvalue weighted by molar-refractivity contribution is 6.99. The van der Waals surface area contributed by atoms with Gasteiger partial charge in [-0.3, -0.25) is 4.90 Å². The summed E-state index contributed by atoms with van der Waals surface area (Å²) in [4.78, 5) is 2.02. The molecule has 4 atom stereocenters. The van der Waals surface area contributed by atoms with E-state index in [1.165, 1.54) is 10.4 Å². The summed E-state index contributed by atoms with van der Waals surface area (Å²) < 4.78 is 38.5. The molecule has 28 heavy (non-hydrogen) atoms. The number of halogens is 1. The molecule has 4 heteroatoms. The molecule has 2 aromatic rings. The molecule has 0 aromatic heterocycles. The molecular formula is C24H32FNOSi. The summed E-state index contributed by atoms with van der Waals surface area (Å²) in [6.45, 7) is 7.74. The van der Waals surface area contributed by atoms with Crippen LogP contribution in [0.15, 0.2) is 60.7 Å². The molecule has 0 saturated carbocycles. The molecule has 0 amide bonds. The fourth-order valence-corrected chi connectivity index (χ4v) is 9.64. The molecule has 2 heterocycles. The Bertz CT molecular complexity index is 823. The van der Waals surface area contributed by atoms with Crippen LogP contribution >= 0.6 is 0 Å². The number of nitrogens with zero attached hydrogens (tertiary/aromatic N) is 1. The number of hydrogen-bond donors (Lipinski definition) is 0. The monoisotopic (exact) mass is 399 g/mol. The molecule has 2 aliphatic rings. The molecular weight excluding hydrogens is 365 g/mol. The van der Waals surface area contributed by atoms with E-state index in [1.807, 2.05) is 17.0 Å². The molecule has 2 aromatic carbocycles. The van der Waals surface area contributed by atoms with Gasteiger partial charge in [-0.2, -0.15) is 0 Å². The molecule has 0 aliphatic carbocycles. The second kappa shape index (κ2) is 7.40. The summed E-state index contributed by atoms with van der Waals surface area (Å²) in [7, 11) is -2.75. The Kier molecular flexibility index (Phi) is 4.59. The zero-order valence-corrected chi connectivity index (χ0v) is 18.1. The van der Waals surface area contributed by atoms with Crippen molar-refractivity contribution in [2.24, 2.45) is 0 Å². The molecule has 0 bridgehead atoms. The van der Waals surface area contributed by atoms with Crippen molar-refractivity contribution >= 4 is 18.7 Å². The van der Waals surface area contributed by atoms with Crippen molar-refractivity contribution in [3.05, 3.63) is 60.7 Å². The standard InChI is InChI=1S/C24H32FNOSi/c1-23(2,3)28(21-11-6-4-7-12-21,22-13-8-5-9-14-22)27-19-24-15-10-16-26(24)18-20(25)17-24/h4-9,11-14,20H,10,15-19H2,1-3H3/t20-,24+/m1/s1/i10D,15D/t10-,15-,20+,24-/m0. The van der Waals surface area contributed by atoms with Crippen molar-refractivity contribution in [3.63, 3.8) is 0 Å². The van der Waals surface area contributed by atoms with Crippen molar-refractivity contribution in [2.45, 2.75) is 56.7 Å². The Morgan fingerprint density at radius 1 is 1.11 bits per heavy atom. The lowest BCUT2D eigenvalue weighted by Gasteiger charge is -2.45. The lowest BCUT2D eigenvalue weighted by atomic mass is 9.95. The third-order valence-corrected chi connectivity index (χ3v) is 11.3. The summed E-state index contributed by atoms with van der Waals surface area (Å²) in [5.74, 6) is 0. The fourth-order valence-electron chi connectivity index (χ4n) is 5.02. The summed E-state index contributed by atoms with van der Waals surface area (Å²) in [5.41, 5.74) is -0.709. The average Bonchev–Trinajstić information content (AvgIpc) is 3.14. The lowest BCUT2D eigenvalue weighted by Crippen LogP contribution is -2.68. The van der Waals surface area contributed by atoms with Crippen LogP contribution in [0.3, 0.4) is 0 Å². The van der Waals surface area contributed by atoms with Gasteiger partial charge in [0.05, 0.1) is 6.61 Å². The average molecular weight is 400 g/mol. The first-order valence-electron chi connectivity index (χ1n) is 11.3. The molecule has 2 saturated heterocycles. The molecule has 0 N–H and O–H groups in total. The Labute approximate surface area is 172 Å². The van der Waals surface area contributed by atoms with E-state index in [9.17, 15) is 4.39 Å². The van der Waals surface area contributed by atoms with Gasteiger partial charge >= 0.3 is 0 Å². The topological polar surface area (TPSA) is 12.5 Å². The second-order valence-corrected chi connectivity index (χ2v) is 13.5. The molecule has 2 fully saturated rings. The van der Waals surface area contributed by atoms with Gasteiger partial charge in [0, 0.05) is 21.2 Å². The van der Waals surface area contributed by atoms with Crippen LogP contribution in [0.4, 0.5) is 4.39 Å². The number of hydrogen-bond acceptors (Lipinski definition) is 2. The van der Waals surface area contributed by atoms with Crippen LogP contribution in [0.2, 0.25) is 5.04 Å². The highest BCUT2D eigenvalue weighted by Crippen LogP contribution is 2.43. The van der Waals surface area contributed by atoms with Crippen molar-refractivity contribution < 1.29 is 11.6 Å². The number of rotatable bonds is 5. The SMILES string of the molecule is [2H][C@@H]1CN2C[C@H](F)C[C@]2(CO[Si](c2ccccc2)(c2ccccc2)C(C)(C)C)[C@H]1[2H]. The van der Waals surface area contributed by atoms with Crippen LogP contribution < -0.4 is 10.4 Å².